The molecule has 1 amide bonds. The highest BCUT2D eigenvalue weighted by Gasteiger charge is 2.51. The lowest BCUT2D eigenvalue weighted by atomic mass is 9.83. The van der Waals surface area contributed by atoms with Crippen molar-refractivity contribution < 1.29 is 14.7 Å². The summed E-state index contributed by atoms with van der Waals surface area (Å²) >= 11 is 0. The Hall–Kier alpha value is -3.09. The minimum Gasteiger partial charge on any atom is -0.392 e. The van der Waals surface area contributed by atoms with Crippen molar-refractivity contribution in [1.29, 1.82) is 0 Å². The second-order valence-electron chi connectivity index (χ2n) is 9.06. The van der Waals surface area contributed by atoms with Crippen LogP contribution < -0.4 is 10.6 Å². The fraction of sp³-hybridized carbons (Fsp3) is 0.370. The number of benzodiazepines with no additional fused rings is 1. The van der Waals surface area contributed by atoms with Crippen LogP contribution in [0.1, 0.15) is 43.2 Å². The molecule has 6 nitrogen and oxygen atoms in total. The first-order valence-corrected chi connectivity index (χ1v) is 11.5. The van der Waals surface area contributed by atoms with Crippen molar-refractivity contribution >= 4 is 23.1 Å². The van der Waals surface area contributed by atoms with Crippen LogP contribution in [0.25, 0.3) is 0 Å². The van der Waals surface area contributed by atoms with Crippen molar-refractivity contribution in [2.45, 2.75) is 43.9 Å². The predicted molar refractivity (Wildman–Crippen MR) is 130 cm³/mol. The third-order valence-electron chi connectivity index (χ3n) is 6.61. The number of hydrogen-bond donors (Lipinski definition) is 2. The molecule has 2 aromatic rings. The van der Waals surface area contributed by atoms with Crippen molar-refractivity contribution in [1.82, 2.24) is 0 Å². The Morgan fingerprint density at radius 1 is 1.24 bits per heavy atom. The van der Waals surface area contributed by atoms with Gasteiger partial charge in [-0.15, -0.1) is 6.58 Å². The summed E-state index contributed by atoms with van der Waals surface area (Å²) in [6.07, 6.45) is 4.33. The average molecular weight is 446 g/mol. The minimum atomic E-state index is -2.13. The van der Waals surface area contributed by atoms with Gasteiger partial charge in [0.1, 0.15) is 0 Å². The Morgan fingerprint density at radius 3 is 2.58 bits per heavy atom. The van der Waals surface area contributed by atoms with E-state index in [1.165, 1.54) is 4.90 Å². The van der Waals surface area contributed by atoms with E-state index in [1.54, 1.807) is 13.1 Å². The van der Waals surface area contributed by atoms with Gasteiger partial charge in [-0.25, -0.2) is 4.99 Å². The second-order valence-corrected chi connectivity index (χ2v) is 9.06. The number of carbonyl (C=O) groups excluding carboxylic acids is 2. The molecule has 3 atom stereocenters. The number of Topliss-reactive ketones (excluding diaryl/α,β-unsaturated/α-hetero) is 1. The first-order chi connectivity index (χ1) is 15.9. The number of likely N-dealkylation sites (N-methyl/N-ethyl adjacent to an activating group) is 1. The molecule has 1 heterocycles. The third kappa shape index (κ3) is 4.54. The average Bonchev–Trinajstić information content (AvgIpc) is 3.68. The van der Waals surface area contributed by atoms with E-state index in [0.717, 1.165) is 24.0 Å². The van der Waals surface area contributed by atoms with Crippen LogP contribution in [0.15, 0.2) is 72.2 Å². The number of nitrogens with two attached hydrogens (primary N) is 1. The van der Waals surface area contributed by atoms with Gasteiger partial charge < -0.3 is 10.0 Å². The van der Waals surface area contributed by atoms with E-state index in [2.05, 4.69) is 11.6 Å². The number of allylic oxidation sites excluding steroid dienone is 1. The van der Waals surface area contributed by atoms with Gasteiger partial charge in [-0.3, -0.25) is 15.3 Å². The summed E-state index contributed by atoms with van der Waals surface area (Å²) in [6, 6.07) is 16.8. The zero-order chi connectivity index (χ0) is 23.6. The summed E-state index contributed by atoms with van der Waals surface area (Å²) < 4.78 is 0. The number of aliphatic imine (C=N–C) groups is 1. The van der Waals surface area contributed by atoms with Crippen molar-refractivity contribution in [2.24, 2.45) is 22.6 Å². The van der Waals surface area contributed by atoms with Gasteiger partial charge in [-0.1, -0.05) is 67.4 Å². The molecule has 3 N–H and O–H groups in total. The number of benzene rings is 2. The Kier molecular flexibility index (Phi) is 6.58. The molecule has 1 saturated carbocycles. The van der Waals surface area contributed by atoms with Crippen LogP contribution in [-0.4, -0.2) is 41.3 Å². The van der Waals surface area contributed by atoms with Crippen molar-refractivity contribution in [3.8, 4) is 0 Å². The molecule has 1 aliphatic carbocycles. The number of fused-ring (bicyclic) bond motifs is 1. The topological polar surface area (TPSA) is 96.0 Å². The largest absolute Gasteiger partial charge is 0.392 e. The number of aliphatic hydroxyl groups excluding tert-OH is 1. The number of carbonyl (C=O) groups is 2. The smallest absolute Gasteiger partial charge is 0.277 e. The number of rotatable bonds is 9. The quantitative estimate of drug-likeness (QED) is 0.456. The number of hydrogen-bond acceptors (Lipinski definition) is 5. The molecule has 0 radical (unpaired) electrons. The molecule has 0 spiro atoms. The van der Waals surface area contributed by atoms with Crippen LogP contribution in [0.2, 0.25) is 0 Å². The van der Waals surface area contributed by atoms with Gasteiger partial charge in [0.15, 0.2) is 5.78 Å². The molecule has 1 fully saturated rings. The van der Waals surface area contributed by atoms with Gasteiger partial charge in [0.25, 0.3) is 5.91 Å². The molecule has 4 rings (SSSR count). The van der Waals surface area contributed by atoms with Crippen molar-refractivity contribution in [2.75, 3.05) is 11.9 Å². The van der Waals surface area contributed by atoms with Crippen LogP contribution in [0, 0.1) is 11.8 Å². The standard InChI is InChI=1S/C27H31N3O3/c1-3-4-14-23(31)21(17-18-15-16-18)25(32)27(28)26(33)30(2)22-13-9-8-12-20(22)24(29-27)19-10-6-5-7-11-19/h3,5-13,18,21,23,31H,1,4,14-17,28H2,2H3/t21-,23+,27+/m1/s1. The van der Waals surface area contributed by atoms with Crippen molar-refractivity contribution in [3.63, 3.8) is 0 Å². The van der Waals surface area contributed by atoms with Gasteiger partial charge in [0, 0.05) is 24.1 Å². The van der Waals surface area contributed by atoms with E-state index in [0.29, 0.717) is 36.6 Å². The van der Waals surface area contributed by atoms with E-state index in [4.69, 9.17) is 5.73 Å². The summed E-state index contributed by atoms with van der Waals surface area (Å²) in [5, 5.41) is 10.9. The van der Waals surface area contributed by atoms with E-state index in [1.807, 2.05) is 54.6 Å². The van der Waals surface area contributed by atoms with Crippen molar-refractivity contribution in [3.05, 3.63) is 78.4 Å². The maximum absolute atomic E-state index is 14.0. The second kappa shape index (κ2) is 9.41. The Bertz CT molecular complexity index is 1080. The van der Waals surface area contributed by atoms with E-state index in [-0.39, 0.29) is 0 Å². The molecule has 2 aromatic carbocycles. The van der Waals surface area contributed by atoms with Gasteiger partial charge >= 0.3 is 0 Å². The van der Waals surface area contributed by atoms with Crippen LogP contribution in [-0.2, 0) is 9.59 Å². The van der Waals surface area contributed by atoms with Gasteiger partial charge in [0.05, 0.1) is 17.5 Å². The molecule has 0 saturated heterocycles. The summed E-state index contributed by atoms with van der Waals surface area (Å²) in [7, 11) is 1.61. The molecule has 0 unspecified atom stereocenters. The number of nitrogens with zero attached hydrogens (tertiary/aromatic N) is 2. The highest BCUT2D eigenvalue weighted by atomic mass is 16.3. The summed E-state index contributed by atoms with van der Waals surface area (Å²) in [6.45, 7) is 3.71. The highest BCUT2D eigenvalue weighted by Crippen LogP contribution is 2.39. The van der Waals surface area contributed by atoms with Gasteiger partial charge in [0.2, 0.25) is 5.66 Å². The number of anilines is 1. The lowest BCUT2D eigenvalue weighted by Crippen LogP contribution is -2.61. The number of ketones is 1. The van der Waals surface area contributed by atoms with E-state index < -0.39 is 29.4 Å². The summed E-state index contributed by atoms with van der Waals surface area (Å²) in [4.78, 5) is 33.7. The zero-order valence-electron chi connectivity index (χ0n) is 19.0. The first kappa shape index (κ1) is 23.1. The fourth-order valence-electron chi connectivity index (χ4n) is 4.52. The van der Waals surface area contributed by atoms with Crippen LogP contribution in [0.5, 0.6) is 0 Å². The molecule has 2 aliphatic rings. The van der Waals surface area contributed by atoms with Gasteiger partial charge in [-0.2, -0.15) is 0 Å². The molecule has 6 heteroatoms. The summed E-state index contributed by atoms with van der Waals surface area (Å²) in [5.74, 6) is -1.51. The normalized spacial score (nSPS) is 22.1. The monoisotopic (exact) mass is 445 g/mol. The lowest BCUT2D eigenvalue weighted by Gasteiger charge is -2.31. The maximum atomic E-state index is 14.0. The van der Waals surface area contributed by atoms with Crippen LogP contribution >= 0.6 is 0 Å². The molecule has 0 bridgehead atoms. The molecular formula is C27H31N3O3. The minimum absolute atomic E-state index is 0.370. The third-order valence-corrected chi connectivity index (χ3v) is 6.61. The lowest BCUT2D eigenvalue weighted by molar-refractivity contribution is -0.139. The van der Waals surface area contributed by atoms with Crippen LogP contribution in [0.3, 0.4) is 0 Å². The van der Waals surface area contributed by atoms with Crippen LogP contribution in [0.4, 0.5) is 5.69 Å². The Labute approximate surface area is 194 Å². The van der Waals surface area contributed by atoms with E-state index >= 15 is 0 Å². The number of aliphatic hydroxyl groups is 1. The van der Waals surface area contributed by atoms with E-state index in [9.17, 15) is 14.7 Å². The number of amides is 1. The zero-order valence-corrected chi connectivity index (χ0v) is 19.0. The molecular weight excluding hydrogens is 414 g/mol. The highest BCUT2D eigenvalue weighted by molar-refractivity contribution is 6.26. The summed E-state index contributed by atoms with van der Waals surface area (Å²) in [5.41, 5.74) is 7.14. The first-order valence-electron chi connectivity index (χ1n) is 11.5. The molecule has 33 heavy (non-hydrogen) atoms. The number of para-hydroxylation sites is 1. The van der Waals surface area contributed by atoms with Gasteiger partial charge in [-0.05, 0) is 31.2 Å². The predicted octanol–water partition coefficient (Wildman–Crippen LogP) is 3.47. The Morgan fingerprint density at radius 2 is 1.91 bits per heavy atom. The molecule has 1 aliphatic heterocycles. The Balaban J connectivity index is 1.83. The molecule has 0 aromatic heterocycles. The fourth-order valence-corrected chi connectivity index (χ4v) is 4.52. The maximum Gasteiger partial charge on any atom is 0.277 e. The molecule has 172 valence electrons. The SMILES string of the molecule is C=CCC[C@H](O)[C@@H](CC1CC1)C(=O)[C@]1(N)N=C(c2ccccc2)c2ccccc2N(C)C1=O.